The normalized spacial score (nSPS) is 11.3. The van der Waals surface area contributed by atoms with E-state index in [1.807, 2.05) is 6.20 Å². The molecule has 1 heteroatoms. The van der Waals surface area contributed by atoms with Crippen LogP contribution in [0.2, 0.25) is 0 Å². The number of aromatic nitrogens is 1. The van der Waals surface area contributed by atoms with Gasteiger partial charge < -0.3 is 4.98 Å². The molecule has 3 aromatic rings. The average Bonchev–Trinajstić information content (AvgIpc) is 2.85. The van der Waals surface area contributed by atoms with Crippen LogP contribution in [0.3, 0.4) is 0 Å². The molecule has 1 N–H and O–H groups in total. The van der Waals surface area contributed by atoms with Crippen molar-refractivity contribution in [2.45, 2.75) is 19.8 Å². The zero-order valence-corrected chi connectivity index (χ0v) is 10.8. The highest BCUT2D eigenvalue weighted by Gasteiger charge is 2.10. The van der Waals surface area contributed by atoms with Crippen LogP contribution >= 0.6 is 0 Å². The van der Waals surface area contributed by atoms with Crippen LogP contribution in [0.15, 0.2) is 54.7 Å². The summed E-state index contributed by atoms with van der Waals surface area (Å²) in [4.78, 5) is 3.29. The molecule has 3 rings (SSSR count). The summed E-state index contributed by atoms with van der Waals surface area (Å²) in [6.45, 7) is 4.49. The minimum atomic E-state index is 0. The minimum absolute atomic E-state index is 0. The molecule has 0 amide bonds. The van der Waals surface area contributed by atoms with Gasteiger partial charge in [0, 0.05) is 13.1 Å². The van der Waals surface area contributed by atoms with Gasteiger partial charge in [0.25, 0.3) is 0 Å². The first kappa shape index (κ1) is 11.1. The van der Waals surface area contributed by atoms with E-state index in [4.69, 9.17) is 0 Å². The number of aromatic amines is 1. The lowest BCUT2D eigenvalue weighted by atomic mass is 9.91. The van der Waals surface area contributed by atoms with Crippen LogP contribution in [-0.4, -0.2) is 4.98 Å². The van der Waals surface area contributed by atoms with E-state index in [-0.39, 0.29) is 1.43 Å². The summed E-state index contributed by atoms with van der Waals surface area (Å²) in [6, 6.07) is 17.3. The molecule has 0 saturated heterocycles. The summed E-state index contributed by atoms with van der Waals surface area (Å²) in [5.41, 5.74) is 5.26. The van der Waals surface area contributed by atoms with Crippen molar-refractivity contribution in [3.63, 3.8) is 0 Å². The molecule has 0 aliphatic carbocycles. The third kappa shape index (κ3) is 1.82. The zero-order valence-electron chi connectivity index (χ0n) is 10.8. The lowest BCUT2D eigenvalue weighted by Gasteiger charge is -2.13. The summed E-state index contributed by atoms with van der Waals surface area (Å²) in [5, 5.41) is 1.28. The number of fused-ring (bicyclic) bond motifs is 1. The van der Waals surface area contributed by atoms with Gasteiger partial charge in [0.1, 0.15) is 0 Å². The third-order valence-corrected chi connectivity index (χ3v) is 3.43. The second kappa shape index (κ2) is 4.34. The highest BCUT2D eigenvalue weighted by Crippen LogP contribution is 2.32. The fourth-order valence-electron chi connectivity index (χ4n) is 2.46. The van der Waals surface area contributed by atoms with E-state index in [1.165, 1.54) is 27.6 Å². The maximum atomic E-state index is 3.29. The van der Waals surface area contributed by atoms with Crippen LogP contribution in [0.1, 0.15) is 26.8 Å². The van der Waals surface area contributed by atoms with Crippen molar-refractivity contribution < 1.29 is 1.43 Å². The summed E-state index contributed by atoms with van der Waals surface area (Å²) < 4.78 is 0. The topological polar surface area (TPSA) is 15.8 Å². The molecular formula is C17H19N. The number of H-pyrrole nitrogens is 1. The van der Waals surface area contributed by atoms with Gasteiger partial charge >= 0.3 is 0 Å². The van der Waals surface area contributed by atoms with Crippen molar-refractivity contribution in [2.75, 3.05) is 0 Å². The van der Waals surface area contributed by atoms with E-state index in [0.717, 1.165) is 0 Å². The molecule has 1 nitrogen and oxygen atoms in total. The molecule has 0 atom stereocenters. The molecule has 0 unspecified atom stereocenters. The molecule has 2 aromatic carbocycles. The molecule has 18 heavy (non-hydrogen) atoms. The molecule has 0 fully saturated rings. The van der Waals surface area contributed by atoms with E-state index in [1.54, 1.807) is 0 Å². The molecule has 1 heterocycles. The molecule has 0 saturated carbocycles. The van der Waals surface area contributed by atoms with Gasteiger partial charge in [0.15, 0.2) is 0 Å². The van der Waals surface area contributed by atoms with Gasteiger partial charge in [-0.25, -0.2) is 0 Å². The lowest BCUT2D eigenvalue weighted by molar-refractivity contribution is 0.870. The first-order valence-corrected chi connectivity index (χ1v) is 6.42. The van der Waals surface area contributed by atoms with Gasteiger partial charge in [-0.05, 0) is 46.2 Å². The Morgan fingerprint density at radius 2 is 1.78 bits per heavy atom. The Labute approximate surface area is 109 Å². The molecule has 0 bridgehead atoms. The monoisotopic (exact) mass is 237 g/mol. The number of nitrogens with one attached hydrogen (secondary N) is 1. The summed E-state index contributed by atoms with van der Waals surface area (Å²) >= 11 is 0. The predicted molar refractivity (Wildman–Crippen MR) is 79.9 cm³/mol. The Hall–Kier alpha value is -2.02. The lowest BCUT2D eigenvalue weighted by Crippen LogP contribution is -1.92. The third-order valence-electron chi connectivity index (χ3n) is 3.43. The molecule has 0 spiro atoms. The van der Waals surface area contributed by atoms with Crippen LogP contribution < -0.4 is 0 Å². The highest BCUT2D eigenvalue weighted by molar-refractivity contribution is 5.87. The summed E-state index contributed by atoms with van der Waals surface area (Å²) in [5.74, 6) is 0.521. The quantitative estimate of drug-likeness (QED) is 0.630. The molecular weight excluding hydrogens is 218 g/mol. The first-order chi connectivity index (χ1) is 8.75. The maximum Gasteiger partial charge on any atom is 0.0457 e. The molecule has 0 aliphatic heterocycles. The zero-order chi connectivity index (χ0) is 12.5. The van der Waals surface area contributed by atoms with Crippen molar-refractivity contribution in [1.29, 1.82) is 0 Å². The SMILES string of the molecule is CC(C)c1cc2[nH]ccc2cc1-c1ccccc1.[HH]. The molecule has 0 radical (unpaired) electrons. The van der Waals surface area contributed by atoms with Crippen molar-refractivity contribution >= 4 is 10.9 Å². The summed E-state index contributed by atoms with van der Waals surface area (Å²) in [7, 11) is 0. The Bertz CT molecular complexity index is 668. The number of benzene rings is 2. The Balaban J connectivity index is 0.00000133. The molecule has 0 aliphatic rings. The minimum Gasteiger partial charge on any atom is -0.361 e. The van der Waals surface area contributed by atoms with Gasteiger partial charge in [0.2, 0.25) is 0 Å². The largest absolute Gasteiger partial charge is 0.361 e. The highest BCUT2D eigenvalue weighted by atomic mass is 14.7. The van der Waals surface area contributed by atoms with Gasteiger partial charge in [0.05, 0.1) is 0 Å². The van der Waals surface area contributed by atoms with E-state index in [2.05, 4.69) is 67.4 Å². The number of rotatable bonds is 2. The van der Waals surface area contributed by atoms with E-state index < -0.39 is 0 Å². The van der Waals surface area contributed by atoms with E-state index in [0.29, 0.717) is 5.92 Å². The van der Waals surface area contributed by atoms with Crippen LogP contribution in [0.4, 0.5) is 0 Å². The first-order valence-electron chi connectivity index (χ1n) is 6.42. The van der Waals surface area contributed by atoms with Crippen LogP contribution in [0.5, 0.6) is 0 Å². The fraction of sp³-hybridized carbons (Fsp3) is 0.176. The predicted octanol–water partition coefficient (Wildman–Crippen LogP) is 5.20. The Morgan fingerprint density at radius 3 is 2.50 bits per heavy atom. The molecule has 92 valence electrons. The van der Waals surface area contributed by atoms with Crippen LogP contribution in [0.25, 0.3) is 22.0 Å². The molecule has 1 aromatic heterocycles. The number of hydrogen-bond acceptors (Lipinski definition) is 0. The van der Waals surface area contributed by atoms with Crippen LogP contribution in [0, 0.1) is 0 Å². The van der Waals surface area contributed by atoms with Gasteiger partial charge in [-0.1, -0.05) is 44.2 Å². The Morgan fingerprint density at radius 1 is 1.00 bits per heavy atom. The van der Waals surface area contributed by atoms with Crippen molar-refractivity contribution in [2.24, 2.45) is 0 Å². The maximum absolute atomic E-state index is 3.29. The average molecular weight is 237 g/mol. The van der Waals surface area contributed by atoms with Gasteiger partial charge in [-0.2, -0.15) is 0 Å². The van der Waals surface area contributed by atoms with Gasteiger partial charge in [-0.15, -0.1) is 0 Å². The fourth-order valence-corrected chi connectivity index (χ4v) is 2.46. The summed E-state index contributed by atoms with van der Waals surface area (Å²) in [6.07, 6.45) is 2.00. The van der Waals surface area contributed by atoms with Crippen molar-refractivity contribution in [1.82, 2.24) is 4.98 Å². The van der Waals surface area contributed by atoms with Crippen LogP contribution in [-0.2, 0) is 0 Å². The van der Waals surface area contributed by atoms with E-state index in [9.17, 15) is 0 Å². The van der Waals surface area contributed by atoms with Gasteiger partial charge in [-0.3, -0.25) is 0 Å². The number of hydrogen-bond donors (Lipinski definition) is 1. The second-order valence-electron chi connectivity index (χ2n) is 5.03. The second-order valence-corrected chi connectivity index (χ2v) is 5.03. The van der Waals surface area contributed by atoms with Crippen molar-refractivity contribution in [3.8, 4) is 11.1 Å². The Kier molecular flexibility index (Phi) is 2.67. The van der Waals surface area contributed by atoms with E-state index >= 15 is 0 Å². The van der Waals surface area contributed by atoms with Crippen molar-refractivity contribution in [3.05, 3.63) is 60.3 Å². The smallest absolute Gasteiger partial charge is 0.0457 e. The standard InChI is InChI=1S/C17H17N.H2/c1-12(2)15-11-17-14(8-9-18-17)10-16(15)13-6-4-3-5-7-13;/h3-12,18H,1-2H3;1H.